The van der Waals surface area contributed by atoms with Crippen molar-refractivity contribution in [3.63, 3.8) is 0 Å². The fraction of sp³-hybridized carbons (Fsp3) is 0.944. The number of hydrogen-bond donors (Lipinski definition) is 1. The molecule has 4 aliphatic carbocycles. The molecule has 0 radical (unpaired) electrons. The van der Waals surface area contributed by atoms with Gasteiger partial charge in [0, 0.05) is 26.2 Å². The van der Waals surface area contributed by atoms with E-state index in [-0.39, 0.29) is 5.41 Å². The summed E-state index contributed by atoms with van der Waals surface area (Å²) in [4.78, 5) is 15.6. The smallest absolute Gasteiger partial charge is 0.228 e. The van der Waals surface area contributed by atoms with Gasteiger partial charge in [0.05, 0.1) is 5.41 Å². The number of nitrogens with one attached hydrogen (secondary N) is 1. The molecule has 4 atom stereocenters. The Morgan fingerprint density at radius 1 is 1.05 bits per heavy atom. The van der Waals surface area contributed by atoms with E-state index in [1.54, 1.807) is 0 Å². The van der Waals surface area contributed by atoms with E-state index in [4.69, 9.17) is 0 Å². The van der Waals surface area contributed by atoms with Crippen molar-refractivity contribution in [2.45, 2.75) is 45.4 Å². The molecule has 2 aliphatic heterocycles. The van der Waals surface area contributed by atoms with Crippen molar-refractivity contribution in [3.8, 4) is 0 Å². The Hall–Kier alpha value is -0.570. The van der Waals surface area contributed by atoms with Gasteiger partial charge in [-0.3, -0.25) is 4.79 Å². The van der Waals surface area contributed by atoms with Crippen LogP contribution in [-0.4, -0.2) is 37.0 Å². The maximum atomic E-state index is 13.4. The normalized spacial score (nSPS) is 54.2. The van der Waals surface area contributed by atoms with Crippen molar-refractivity contribution in [1.82, 2.24) is 10.2 Å². The Morgan fingerprint density at radius 3 is 2.24 bits per heavy atom. The zero-order valence-corrected chi connectivity index (χ0v) is 13.2. The van der Waals surface area contributed by atoms with Crippen LogP contribution in [0.25, 0.3) is 0 Å². The number of rotatable bonds is 1. The SMILES string of the molecule is CC12CC3CC(C1)CC(C(=O)N1CC4CNCC4C1)(C3)C2. The minimum atomic E-state index is 0.0465. The third kappa shape index (κ3) is 1.79. The Bertz CT molecular complexity index is 462. The number of hydrogen-bond acceptors (Lipinski definition) is 2. The number of carbonyl (C=O) groups excluding carboxylic acids is 1. The summed E-state index contributed by atoms with van der Waals surface area (Å²) >= 11 is 0. The highest BCUT2D eigenvalue weighted by molar-refractivity contribution is 5.83. The molecule has 2 saturated heterocycles. The highest BCUT2D eigenvalue weighted by Crippen LogP contribution is 2.65. The van der Waals surface area contributed by atoms with Crippen molar-refractivity contribution >= 4 is 5.91 Å². The number of carbonyl (C=O) groups is 1. The Kier molecular flexibility index (Phi) is 2.48. The van der Waals surface area contributed by atoms with Crippen molar-refractivity contribution in [2.75, 3.05) is 26.2 Å². The van der Waals surface area contributed by atoms with Crippen LogP contribution in [0, 0.1) is 34.5 Å². The topological polar surface area (TPSA) is 32.3 Å². The fourth-order valence-corrected chi connectivity index (χ4v) is 7.33. The minimum Gasteiger partial charge on any atom is -0.342 e. The molecule has 0 aromatic carbocycles. The van der Waals surface area contributed by atoms with Gasteiger partial charge in [-0.05, 0) is 67.6 Å². The molecule has 3 heteroatoms. The highest BCUT2D eigenvalue weighted by Gasteiger charge is 2.60. The van der Waals surface area contributed by atoms with Gasteiger partial charge in [0.15, 0.2) is 0 Å². The summed E-state index contributed by atoms with van der Waals surface area (Å²) in [5.74, 6) is 3.72. The van der Waals surface area contributed by atoms with E-state index in [0.29, 0.717) is 11.3 Å². The standard InChI is InChI=1S/C18H28N2O/c1-17-3-12-2-13(4-17)6-18(5-12,11-17)16(21)20-9-14-7-19-8-15(14)10-20/h12-15,19H,2-11H2,1H3. The zero-order valence-electron chi connectivity index (χ0n) is 13.2. The van der Waals surface area contributed by atoms with Gasteiger partial charge in [-0.1, -0.05) is 6.92 Å². The lowest BCUT2D eigenvalue weighted by molar-refractivity contribution is -0.165. The predicted octanol–water partition coefficient (Wildman–Crippen LogP) is 2.27. The van der Waals surface area contributed by atoms with Crippen LogP contribution in [0.5, 0.6) is 0 Å². The maximum Gasteiger partial charge on any atom is 0.228 e. The zero-order chi connectivity index (χ0) is 14.2. The van der Waals surface area contributed by atoms with Crippen LogP contribution in [0.3, 0.4) is 0 Å². The van der Waals surface area contributed by atoms with Crippen LogP contribution in [0.4, 0.5) is 0 Å². The first-order chi connectivity index (χ1) is 10.1. The monoisotopic (exact) mass is 288 g/mol. The molecule has 4 saturated carbocycles. The maximum absolute atomic E-state index is 13.4. The molecule has 0 aromatic heterocycles. The van der Waals surface area contributed by atoms with Crippen molar-refractivity contribution in [3.05, 3.63) is 0 Å². The summed E-state index contributed by atoms with van der Waals surface area (Å²) in [5.41, 5.74) is 0.530. The Morgan fingerprint density at radius 2 is 1.67 bits per heavy atom. The molecular weight excluding hydrogens is 260 g/mol. The molecule has 3 nitrogen and oxygen atoms in total. The van der Waals surface area contributed by atoms with Crippen LogP contribution in [-0.2, 0) is 4.79 Å². The summed E-state index contributed by atoms with van der Waals surface area (Å²) in [6, 6.07) is 0. The average molecular weight is 288 g/mol. The molecule has 6 aliphatic rings. The minimum absolute atomic E-state index is 0.0465. The Balaban J connectivity index is 1.41. The average Bonchev–Trinajstić information content (AvgIpc) is 2.95. The second-order valence-corrected chi connectivity index (χ2v) is 9.44. The van der Waals surface area contributed by atoms with Crippen LogP contribution in [0.2, 0.25) is 0 Å². The van der Waals surface area contributed by atoms with Crippen LogP contribution in [0.1, 0.15) is 45.4 Å². The number of fused-ring (bicyclic) bond motifs is 1. The van der Waals surface area contributed by atoms with Gasteiger partial charge in [0.1, 0.15) is 0 Å². The van der Waals surface area contributed by atoms with E-state index in [1.807, 2.05) is 0 Å². The first-order valence-electron chi connectivity index (χ1n) is 9.05. The van der Waals surface area contributed by atoms with Gasteiger partial charge in [0.25, 0.3) is 0 Å². The van der Waals surface area contributed by atoms with Crippen molar-refractivity contribution in [1.29, 1.82) is 0 Å². The van der Waals surface area contributed by atoms with Gasteiger partial charge < -0.3 is 10.2 Å². The third-order valence-corrected chi connectivity index (χ3v) is 7.48. The summed E-state index contributed by atoms with van der Waals surface area (Å²) < 4.78 is 0. The quantitative estimate of drug-likeness (QED) is 0.803. The van der Waals surface area contributed by atoms with Gasteiger partial charge in [-0.25, -0.2) is 0 Å². The van der Waals surface area contributed by atoms with Crippen molar-refractivity contribution in [2.24, 2.45) is 34.5 Å². The highest BCUT2D eigenvalue weighted by atomic mass is 16.2. The first kappa shape index (κ1) is 12.9. The second-order valence-electron chi connectivity index (χ2n) is 9.44. The lowest BCUT2D eigenvalue weighted by Gasteiger charge is -2.61. The third-order valence-electron chi connectivity index (χ3n) is 7.48. The van der Waals surface area contributed by atoms with E-state index in [9.17, 15) is 4.79 Å². The number of amides is 1. The van der Waals surface area contributed by atoms with Crippen molar-refractivity contribution < 1.29 is 4.79 Å². The molecule has 6 rings (SSSR count). The van der Waals surface area contributed by atoms with Gasteiger partial charge in [-0.2, -0.15) is 0 Å². The molecule has 4 bridgehead atoms. The summed E-state index contributed by atoms with van der Waals surface area (Å²) in [6.45, 7) is 6.79. The van der Waals surface area contributed by atoms with Gasteiger partial charge in [-0.15, -0.1) is 0 Å². The van der Waals surface area contributed by atoms with Crippen LogP contribution >= 0.6 is 0 Å². The summed E-state index contributed by atoms with van der Waals surface area (Å²) in [5, 5.41) is 3.49. The predicted molar refractivity (Wildman–Crippen MR) is 81.7 cm³/mol. The molecule has 1 N–H and O–H groups in total. The van der Waals surface area contributed by atoms with E-state index in [0.717, 1.165) is 49.9 Å². The molecule has 2 heterocycles. The molecule has 6 fully saturated rings. The lowest BCUT2D eigenvalue weighted by Crippen LogP contribution is -2.57. The molecule has 116 valence electrons. The number of nitrogens with zero attached hydrogens (tertiary/aromatic N) is 1. The molecule has 0 aromatic rings. The van der Waals surface area contributed by atoms with E-state index in [1.165, 1.54) is 38.5 Å². The summed E-state index contributed by atoms with van der Waals surface area (Å²) in [6.07, 6.45) is 7.82. The largest absolute Gasteiger partial charge is 0.342 e. The molecular formula is C18H28N2O. The molecule has 1 amide bonds. The first-order valence-corrected chi connectivity index (χ1v) is 9.05. The molecule has 21 heavy (non-hydrogen) atoms. The fourth-order valence-electron chi connectivity index (χ4n) is 7.33. The summed E-state index contributed by atoms with van der Waals surface area (Å²) in [7, 11) is 0. The second kappa shape index (κ2) is 4.04. The van der Waals surface area contributed by atoms with Crippen LogP contribution < -0.4 is 5.32 Å². The molecule has 4 unspecified atom stereocenters. The van der Waals surface area contributed by atoms with Gasteiger partial charge >= 0.3 is 0 Å². The number of likely N-dealkylation sites (tertiary alicyclic amines) is 1. The van der Waals surface area contributed by atoms with E-state index < -0.39 is 0 Å². The molecule has 0 spiro atoms. The van der Waals surface area contributed by atoms with Crippen LogP contribution in [0.15, 0.2) is 0 Å². The van der Waals surface area contributed by atoms with E-state index in [2.05, 4.69) is 17.1 Å². The van der Waals surface area contributed by atoms with Gasteiger partial charge in [0.2, 0.25) is 5.91 Å². The lowest BCUT2D eigenvalue weighted by atomic mass is 9.44. The Labute approximate surface area is 127 Å². The van der Waals surface area contributed by atoms with E-state index >= 15 is 0 Å².